The zero-order valence-electron chi connectivity index (χ0n) is 13.9. The highest BCUT2D eigenvalue weighted by molar-refractivity contribution is 6.31. The van der Waals surface area contributed by atoms with E-state index in [9.17, 15) is 14.4 Å². The van der Waals surface area contributed by atoms with Gasteiger partial charge in [0.05, 0.1) is 5.69 Å². The maximum Gasteiger partial charge on any atom is 0.263 e. The molecule has 0 spiro atoms. The summed E-state index contributed by atoms with van der Waals surface area (Å²) < 4.78 is 0. The molecule has 2 aliphatic heterocycles. The number of hydrogen-bond donors (Lipinski definition) is 1. The molecule has 9 heteroatoms. The average Bonchev–Trinajstić information content (AvgIpc) is 3.16. The van der Waals surface area contributed by atoms with Gasteiger partial charge < -0.3 is 5.32 Å². The molecule has 2 aromatic rings. The molecule has 0 aliphatic carbocycles. The predicted octanol–water partition coefficient (Wildman–Crippen LogP) is 2.27. The number of benzene rings is 2. The van der Waals surface area contributed by atoms with E-state index in [1.807, 2.05) is 0 Å². The molecule has 27 heavy (non-hydrogen) atoms. The minimum absolute atomic E-state index is 0.209. The number of imide groups is 1. The lowest BCUT2D eigenvalue weighted by Crippen LogP contribution is -2.43. The van der Waals surface area contributed by atoms with Crippen molar-refractivity contribution in [2.75, 3.05) is 16.8 Å². The first-order valence-electron chi connectivity index (χ1n) is 8.20. The van der Waals surface area contributed by atoms with Gasteiger partial charge in [-0.1, -0.05) is 41.1 Å². The van der Waals surface area contributed by atoms with Crippen molar-refractivity contribution in [3.05, 3.63) is 59.6 Å². The van der Waals surface area contributed by atoms with Crippen LogP contribution in [0.5, 0.6) is 0 Å². The Balaban J connectivity index is 1.48. The number of amides is 3. The lowest BCUT2D eigenvalue weighted by atomic mass is 10.1. The normalized spacial score (nSPS) is 20.9. The number of carbonyl (C=O) groups excluding carboxylic acids is 3. The van der Waals surface area contributed by atoms with Crippen LogP contribution < -0.4 is 10.2 Å². The molecular formula is C18H14ClN5O3. The van der Waals surface area contributed by atoms with Crippen LogP contribution in [0.3, 0.4) is 0 Å². The van der Waals surface area contributed by atoms with Gasteiger partial charge >= 0.3 is 0 Å². The van der Waals surface area contributed by atoms with Gasteiger partial charge in [0.2, 0.25) is 5.91 Å². The fraction of sp³-hybridized carbons (Fsp3) is 0.167. The van der Waals surface area contributed by atoms with Gasteiger partial charge in [-0.05, 0) is 30.3 Å². The smallest absolute Gasteiger partial charge is 0.263 e. The summed E-state index contributed by atoms with van der Waals surface area (Å²) in [4.78, 5) is 38.7. The Morgan fingerprint density at radius 1 is 1.07 bits per heavy atom. The van der Waals surface area contributed by atoms with Gasteiger partial charge in [0, 0.05) is 10.7 Å². The average molecular weight is 384 g/mol. The number of para-hydroxylation sites is 1. The van der Waals surface area contributed by atoms with Crippen LogP contribution in [0.1, 0.15) is 0 Å². The van der Waals surface area contributed by atoms with Crippen LogP contribution in [0.15, 0.2) is 64.9 Å². The Morgan fingerprint density at radius 3 is 2.59 bits per heavy atom. The van der Waals surface area contributed by atoms with Crippen LogP contribution in [0, 0.1) is 0 Å². The number of nitrogens with one attached hydrogen (secondary N) is 1. The second kappa shape index (κ2) is 6.81. The molecule has 2 atom stereocenters. The van der Waals surface area contributed by atoms with Crippen molar-refractivity contribution in [3.8, 4) is 0 Å². The third-order valence-corrected chi connectivity index (χ3v) is 4.52. The maximum atomic E-state index is 12.8. The number of carbonyl (C=O) groups is 3. The SMILES string of the molecule is O=C(CN1N=N[C@H]2C(=O)N(c3ccccc3)C(=O)[C@@H]21)Nc1cccc(Cl)c1. The zero-order chi connectivity index (χ0) is 19.0. The molecule has 136 valence electrons. The summed E-state index contributed by atoms with van der Waals surface area (Å²) in [6, 6.07) is 13.5. The van der Waals surface area contributed by atoms with Crippen molar-refractivity contribution in [2.45, 2.75) is 12.1 Å². The van der Waals surface area contributed by atoms with Gasteiger partial charge in [0.15, 0.2) is 12.1 Å². The molecule has 2 heterocycles. The number of anilines is 2. The minimum atomic E-state index is -0.934. The quantitative estimate of drug-likeness (QED) is 0.819. The number of rotatable bonds is 4. The summed E-state index contributed by atoms with van der Waals surface area (Å²) in [5, 5.41) is 12.2. The Hall–Kier alpha value is -3.26. The molecule has 4 rings (SSSR count). The maximum absolute atomic E-state index is 12.8. The molecule has 2 aromatic carbocycles. The van der Waals surface area contributed by atoms with E-state index in [1.165, 1.54) is 5.01 Å². The van der Waals surface area contributed by atoms with E-state index < -0.39 is 29.8 Å². The first kappa shape index (κ1) is 17.2. The lowest BCUT2D eigenvalue weighted by Gasteiger charge is -2.20. The topological polar surface area (TPSA) is 94.4 Å². The highest BCUT2D eigenvalue weighted by Gasteiger charge is 2.55. The zero-order valence-corrected chi connectivity index (χ0v) is 14.7. The third-order valence-electron chi connectivity index (χ3n) is 4.29. The molecule has 0 aromatic heterocycles. The summed E-state index contributed by atoms with van der Waals surface area (Å²) in [6.45, 7) is -0.209. The van der Waals surface area contributed by atoms with Crippen LogP contribution in [-0.2, 0) is 14.4 Å². The van der Waals surface area contributed by atoms with Crippen molar-refractivity contribution < 1.29 is 14.4 Å². The summed E-state index contributed by atoms with van der Waals surface area (Å²) in [7, 11) is 0. The van der Waals surface area contributed by atoms with Crippen molar-refractivity contribution in [2.24, 2.45) is 10.3 Å². The van der Waals surface area contributed by atoms with Gasteiger partial charge in [-0.2, -0.15) is 5.11 Å². The van der Waals surface area contributed by atoms with Crippen LogP contribution in [-0.4, -0.2) is 41.4 Å². The van der Waals surface area contributed by atoms with Crippen LogP contribution in [0.25, 0.3) is 0 Å². The summed E-state index contributed by atoms with van der Waals surface area (Å²) in [6.07, 6.45) is 0. The summed E-state index contributed by atoms with van der Waals surface area (Å²) >= 11 is 5.90. The Kier molecular flexibility index (Phi) is 4.33. The van der Waals surface area contributed by atoms with Gasteiger partial charge in [-0.15, -0.1) is 0 Å². The molecule has 3 amide bonds. The third kappa shape index (κ3) is 3.15. The monoisotopic (exact) mass is 383 g/mol. The van der Waals surface area contributed by atoms with Gasteiger partial charge in [0.25, 0.3) is 11.8 Å². The molecular weight excluding hydrogens is 370 g/mol. The number of halogens is 1. The lowest BCUT2D eigenvalue weighted by molar-refractivity contribution is -0.123. The molecule has 0 bridgehead atoms. The van der Waals surface area contributed by atoms with E-state index in [4.69, 9.17) is 11.6 Å². The Labute approximate surface area is 159 Å². The fourth-order valence-electron chi connectivity index (χ4n) is 3.10. The van der Waals surface area contributed by atoms with E-state index in [0.717, 1.165) is 4.90 Å². The standard InChI is InChI=1S/C18H14ClN5O3/c19-11-5-4-6-12(9-11)20-14(25)10-23-16-15(21-22-23)17(26)24(18(16)27)13-7-2-1-3-8-13/h1-9,15-16H,10H2,(H,20,25)/t15-,16-/m1/s1. The van der Waals surface area contributed by atoms with Crippen molar-refractivity contribution in [3.63, 3.8) is 0 Å². The number of hydrogen-bond acceptors (Lipinski definition) is 6. The van der Waals surface area contributed by atoms with E-state index in [0.29, 0.717) is 16.4 Å². The van der Waals surface area contributed by atoms with E-state index in [-0.39, 0.29) is 6.54 Å². The Morgan fingerprint density at radius 2 is 1.85 bits per heavy atom. The fourth-order valence-corrected chi connectivity index (χ4v) is 3.29. The first-order valence-corrected chi connectivity index (χ1v) is 8.58. The molecule has 0 radical (unpaired) electrons. The van der Waals surface area contributed by atoms with E-state index in [2.05, 4.69) is 15.7 Å². The molecule has 8 nitrogen and oxygen atoms in total. The van der Waals surface area contributed by atoms with E-state index >= 15 is 0 Å². The summed E-state index contributed by atoms with van der Waals surface area (Å²) in [5.74, 6) is -1.29. The minimum Gasteiger partial charge on any atom is -0.324 e. The molecule has 1 saturated heterocycles. The second-order valence-electron chi connectivity index (χ2n) is 6.10. The van der Waals surface area contributed by atoms with Gasteiger partial charge in [0.1, 0.15) is 6.54 Å². The van der Waals surface area contributed by atoms with E-state index in [1.54, 1.807) is 54.6 Å². The molecule has 2 aliphatic rings. The predicted molar refractivity (Wildman–Crippen MR) is 98.2 cm³/mol. The van der Waals surface area contributed by atoms with Crippen LogP contribution >= 0.6 is 11.6 Å². The highest BCUT2D eigenvalue weighted by atomic mass is 35.5. The van der Waals surface area contributed by atoms with Crippen LogP contribution in [0.2, 0.25) is 5.02 Å². The molecule has 0 unspecified atom stereocenters. The Bertz CT molecular complexity index is 949. The second-order valence-corrected chi connectivity index (χ2v) is 6.53. The van der Waals surface area contributed by atoms with Crippen molar-refractivity contribution in [1.82, 2.24) is 5.01 Å². The largest absolute Gasteiger partial charge is 0.324 e. The van der Waals surface area contributed by atoms with Crippen molar-refractivity contribution >= 4 is 40.7 Å². The molecule has 1 fully saturated rings. The highest BCUT2D eigenvalue weighted by Crippen LogP contribution is 2.31. The summed E-state index contributed by atoms with van der Waals surface area (Å²) in [5.41, 5.74) is 1.00. The van der Waals surface area contributed by atoms with Crippen LogP contribution in [0.4, 0.5) is 11.4 Å². The van der Waals surface area contributed by atoms with Gasteiger partial charge in [-0.3, -0.25) is 19.4 Å². The van der Waals surface area contributed by atoms with Crippen molar-refractivity contribution in [1.29, 1.82) is 0 Å². The molecule has 0 saturated carbocycles. The number of nitrogens with zero attached hydrogens (tertiary/aromatic N) is 4. The van der Waals surface area contributed by atoms with Gasteiger partial charge in [-0.25, -0.2) is 4.90 Å². The number of fused-ring (bicyclic) bond motifs is 1. The molecule has 1 N–H and O–H groups in total. The first-order chi connectivity index (χ1) is 13.0.